The van der Waals surface area contributed by atoms with E-state index in [0.29, 0.717) is 17.0 Å². The Hall–Kier alpha value is -3.05. The zero-order chi connectivity index (χ0) is 25.1. The van der Waals surface area contributed by atoms with Crippen LogP contribution in [0.5, 0.6) is 0 Å². The molecule has 0 saturated heterocycles. The molecular formula is C22H29N3O7S. The lowest BCUT2D eigenvalue weighted by Crippen LogP contribution is -2.38. The molecule has 0 saturated carbocycles. The molecule has 33 heavy (non-hydrogen) atoms. The van der Waals surface area contributed by atoms with E-state index in [1.165, 1.54) is 18.2 Å². The van der Waals surface area contributed by atoms with Crippen molar-refractivity contribution in [2.45, 2.75) is 59.6 Å². The number of benzene rings is 1. The maximum atomic E-state index is 13.3. The third-order valence-corrected chi connectivity index (χ3v) is 6.25. The summed E-state index contributed by atoms with van der Waals surface area (Å²) >= 11 is 0. The SMILES string of the molecule is CC1=C(C(=O)CS(=O)(=O)NC(C)C)C(c2cccc([N+](=O)[O-])c2)C(C(=O)OC(C)C)=C(C)N1. The molecule has 1 aromatic carbocycles. The van der Waals surface area contributed by atoms with Gasteiger partial charge >= 0.3 is 5.97 Å². The van der Waals surface area contributed by atoms with Crippen LogP contribution in [0.4, 0.5) is 5.69 Å². The Morgan fingerprint density at radius 2 is 1.76 bits per heavy atom. The Balaban J connectivity index is 2.67. The minimum atomic E-state index is -3.95. The van der Waals surface area contributed by atoms with Gasteiger partial charge in [0.25, 0.3) is 5.69 Å². The highest BCUT2D eigenvalue weighted by atomic mass is 32.2. The number of ketones is 1. The van der Waals surface area contributed by atoms with E-state index >= 15 is 0 Å². The first-order valence-corrected chi connectivity index (χ1v) is 12.1. The smallest absolute Gasteiger partial charge is 0.337 e. The number of Topliss-reactive ketones (excluding diaryl/α,β-unsaturated/α-hetero) is 1. The normalized spacial score (nSPS) is 16.8. The molecular weight excluding hydrogens is 450 g/mol. The Labute approximate surface area is 193 Å². The van der Waals surface area contributed by atoms with Crippen molar-refractivity contribution < 1.29 is 27.7 Å². The lowest BCUT2D eigenvalue weighted by Gasteiger charge is -2.31. The summed E-state index contributed by atoms with van der Waals surface area (Å²) in [6.07, 6.45) is -0.453. The number of nitrogens with zero attached hydrogens (tertiary/aromatic N) is 1. The Morgan fingerprint density at radius 1 is 1.15 bits per heavy atom. The Bertz CT molecular complexity index is 1130. The summed E-state index contributed by atoms with van der Waals surface area (Å²) < 4.78 is 32.6. The maximum Gasteiger partial charge on any atom is 0.337 e. The summed E-state index contributed by atoms with van der Waals surface area (Å²) in [5.41, 5.74) is 0.971. The van der Waals surface area contributed by atoms with E-state index in [9.17, 15) is 28.1 Å². The molecule has 1 atom stereocenters. The van der Waals surface area contributed by atoms with E-state index in [1.807, 2.05) is 0 Å². The molecule has 0 bridgehead atoms. The Morgan fingerprint density at radius 3 is 2.30 bits per heavy atom. The fourth-order valence-electron chi connectivity index (χ4n) is 3.71. The van der Waals surface area contributed by atoms with E-state index in [0.717, 1.165) is 0 Å². The largest absolute Gasteiger partial charge is 0.460 e. The number of nitro benzene ring substituents is 1. The molecule has 0 fully saturated rings. The summed E-state index contributed by atoms with van der Waals surface area (Å²) in [6.45, 7) is 9.82. The number of esters is 1. The zero-order valence-corrected chi connectivity index (χ0v) is 20.3. The summed E-state index contributed by atoms with van der Waals surface area (Å²) in [7, 11) is -3.95. The number of nitro groups is 1. The second kappa shape index (κ2) is 10.3. The lowest BCUT2D eigenvalue weighted by molar-refractivity contribution is -0.384. The quantitative estimate of drug-likeness (QED) is 0.312. The van der Waals surface area contributed by atoms with Crippen molar-refractivity contribution in [3.05, 3.63) is 62.5 Å². The second-order valence-corrected chi connectivity index (χ2v) is 10.2. The number of dihydropyridines is 1. The minimum absolute atomic E-state index is 0.0333. The van der Waals surface area contributed by atoms with Gasteiger partial charge in [0, 0.05) is 41.1 Å². The molecule has 10 nitrogen and oxygen atoms in total. The van der Waals surface area contributed by atoms with Crippen LogP contribution in [-0.2, 0) is 24.3 Å². The molecule has 0 aliphatic carbocycles. The van der Waals surface area contributed by atoms with E-state index in [4.69, 9.17) is 4.74 Å². The van der Waals surface area contributed by atoms with Crippen molar-refractivity contribution in [1.29, 1.82) is 0 Å². The van der Waals surface area contributed by atoms with E-state index in [2.05, 4.69) is 10.0 Å². The van der Waals surface area contributed by atoms with Crippen molar-refractivity contribution in [1.82, 2.24) is 10.0 Å². The van der Waals surface area contributed by atoms with Gasteiger partial charge in [0.2, 0.25) is 10.0 Å². The number of hydrogen-bond acceptors (Lipinski definition) is 8. The topological polar surface area (TPSA) is 145 Å². The molecule has 1 heterocycles. The van der Waals surface area contributed by atoms with Gasteiger partial charge in [-0.15, -0.1) is 0 Å². The van der Waals surface area contributed by atoms with E-state index in [1.54, 1.807) is 47.6 Å². The van der Waals surface area contributed by atoms with Crippen molar-refractivity contribution in [3.8, 4) is 0 Å². The monoisotopic (exact) mass is 479 g/mol. The average Bonchev–Trinajstić information content (AvgIpc) is 2.64. The van der Waals surface area contributed by atoms with Gasteiger partial charge in [-0.1, -0.05) is 12.1 Å². The number of rotatable bonds is 9. The maximum absolute atomic E-state index is 13.3. The number of carbonyl (C=O) groups is 2. The molecule has 1 unspecified atom stereocenters. The van der Waals surface area contributed by atoms with Crippen molar-refractivity contribution in [2.24, 2.45) is 0 Å². The van der Waals surface area contributed by atoms with Gasteiger partial charge in [0.05, 0.1) is 16.6 Å². The molecule has 2 N–H and O–H groups in total. The number of carbonyl (C=O) groups excluding carboxylic acids is 2. The van der Waals surface area contributed by atoms with Crippen molar-refractivity contribution in [2.75, 3.05) is 5.75 Å². The minimum Gasteiger partial charge on any atom is -0.460 e. The predicted molar refractivity (Wildman–Crippen MR) is 123 cm³/mol. The lowest BCUT2D eigenvalue weighted by atomic mass is 9.79. The molecule has 180 valence electrons. The third-order valence-electron chi connectivity index (χ3n) is 4.77. The molecule has 11 heteroatoms. The van der Waals surface area contributed by atoms with Crippen LogP contribution in [0.25, 0.3) is 0 Å². The Kier molecular flexibility index (Phi) is 8.15. The highest BCUT2D eigenvalue weighted by molar-refractivity contribution is 7.90. The van der Waals surface area contributed by atoms with E-state index in [-0.39, 0.29) is 16.8 Å². The predicted octanol–water partition coefficient (Wildman–Crippen LogP) is 2.68. The van der Waals surface area contributed by atoms with Crippen LogP contribution < -0.4 is 10.0 Å². The van der Waals surface area contributed by atoms with Gasteiger partial charge < -0.3 is 10.1 Å². The standard InChI is InChI=1S/C22H29N3O7S/c1-12(2)24-33(30,31)11-18(26)19-14(5)23-15(6)20(22(27)32-13(3)4)21(19)16-8-7-9-17(10-16)25(28)29/h7-10,12-13,21,23-24H,11H2,1-6H3. The highest BCUT2D eigenvalue weighted by Gasteiger charge is 2.39. The molecule has 1 aromatic rings. The van der Waals surface area contributed by atoms with Gasteiger partial charge in [0.15, 0.2) is 5.78 Å². The van der Waals surface area contributed by atoms with Gasteiger partial charge in [-0.2, -0.15) is 0 Å². The fraction of sp³-hybridized carbons (Fsp3) is 0.455. The summed E-state index contributed by atoms with van der Waals surface area (Å²) in [5.74, 6) is -3.31. The highest BCUT2D eigenvalue weighted by Crippen LogP contribution is 2.40. The number of non-ortho nitro benzene ring substituents is 1. The van der Waals surface area contributed by atoms with Crippen LogP contribution in [0.3, 0.4) is 0 Å². The van der Waals surface area contributed by atoms with Gasteiger partial charge in [-0.3, -0.25) is 14.9 Å². The van der Waals surface area contributed by atoms with Crippen LogP contribution in [0.15, 0.2) is 46.8 Å². The van der Waals surface area contributed by atoms with Crippen LogP contribution in [0, 0.1) is 10.1 Å². The number of nitrogens with one attached hydrogen (secondary N) is 2. The average molecular weight is 480 g/mol. The fourth-order valence-corrected chi connectivity index (χ4v) is 5.02. The molecule has 1 aliphatic rings. The molecule has 2 rings (SSSR count). The summed E-state index contributed by atoms with van der Waals surface area (Å²) in [6, 6.07) is 5.16. The van der Waals surface area contributed by atoms with E-state index < -0.39 is 50.5 Å². The summed E-state index contributed by atoms with van der Waals surface area (Å²) in [5, 5.41) is 14.3. The first kappa shape index (κ1) is 26.2. The molecule has 1 aliphatic heterocycles. The van der Waals surface area contributed by atoms with Crippen LogP contribution >= 0.6 is 0 Å². The van der Waals surface area contributed by atoms with Gasteiger partial charge in [0.1, 0.15) is 5.75 Å². The van der Waals surface area contributed by atoms with Crippen molar-refractivity contribution in [3.63, 3.8) is 0 Å². The van der Waals surface area contributed by atoms with Crippen molar-refractivity contribution >= 4 is 27.5 Å². The van der Waals surface area contributed by atoms with Crippen LogP contribution in [-0.4, -0.2) is 43.0 Å². The van der Waals surface area contributed by atoms with Gasteiger partial charge in [-0.25, -0.2) is 17.9 Å². The summed E-state index contributed by atoms with van der Waals surface area (Å²) in [4.78, 5) is 37.1. The number of allylic oxidation sites excluding steroid dienone is 3. The van der Waals surface area contributed by atoms with Gasteiger partial charge in [-0.05, 0) is 47.1 Å². The van der Waals surface area contributed by atoms with Crippen LogP contribution in [0.1, 0.15) is 53.0 Å². The number of sulfonamides is 1. The van der Waals surface area contributed by atoms with Crippen LogP contribution in [0.2, 0.25) is 0 Å². The number of hydrogen-bond donors (Lipinski definition) is 2. The zero-order valence-electron chi connectivity index (χ0n) is 19.5. The first-order chi connectivity index (χ1) is 15.2. The molecule has 0 spiro atoms. The molecule has 0 aromatic heterocycles. The number of ether oxygens (including phenoxy) is 1. The second-order valence-electron chi connectivity index (χ2n) is 8.40. The molecule has 0 amide bonds. The third kappa shape index (κ3) is 6.48. The first-order valence-electron chi connectivity index (χ1n) is 10.4. The molecule has 0 radical (unpaired) electrons.